The molecule has 1 aromatic heterocycles. The third kappa shape index (κ3) is 3.72. The molecule has 0 fully saturated rings. The average molecular weight is 434 g/mol. The summed E-state index contributed by atoms with van der Waals surface area (Å²) in [6.45, 7) is 0. The maximum Gasteiger partial charge on any atom is 0.0434 e. The summed E-state index contributed by atoms with van der Waals surface area (Å²) in [4.78, 5) is 2.40. The Morgan fingerprint density at radius 1 is 0.375 bits per heavy atom. The van der Waals surface area contributed by atoms with Gasteiger partial charge in [0.15, 0.2) is 0 Å². The SMILES string of the molecule is Nc1ccc(-c2sc(-c3ccc(N)cc3)c(-c3ccc(N)cc3)c2-c2ccccc2)cc1. The molecule has 0 saturated carbocycles. The fraction of sp³-hybridized carbons (Fsp3) is 0. The van der Waals surface area contributed by atoms with Crippen LogP contribution in [0, 0.1) is 0 Å². The average Bonchev–Trinajstić information content (AvgIpc) is 3.22. The summed E-state index contributed by atoms with van der Waals surface area (Å²) in [5.74, 6) is 0. The Hall–Kier alpha value is -4.02. The third-order valence-corrected chi connectivity index (χ3v) is 6.80. The molecule has 4 aromatic carbocycles. The van der Waals surface area contributed by atoms with Gasteiger partial charge in [0.05, 0.1) is 0 Å². The molecule has 0 amide bonds. The van der Waals surface area contributed by atoms with Crippen LogP contribution in [0.4, 0.5) is 17.1 Å². The first-order valence-electron chi connectivity index (χ1n) is 10.4. The Morgan fingerprint density at radius 2 is 0.719 bits per heavy atom. The highest BCUT2D eigenvalue weighted by Gasteiger charge is 2.23. The molecule has 3 nitrogen and oxygen atoms in total. The van der Waals surface area contributed by atoms with Crippen LogP contribution in [0.2, 0.25) is 0 Å². The van der Waals surface area contributed by atoms with Crippen LogP contribution in [0.15, 0.2) is 103 Å². The molecular formula is C28H23N3S. The van der Waals surface area contributed by atoms with Crippen molar-refractivity contribution in [1.29, 1.82) is 0 Å². The summed E-state index contributed by atoms with van der Waals surface area (Å²) in [6.07, 6.45) is 0. The predicted molar refractivity (Wildman–Crippen MR) is 139 cm³/mol. The van der Waals surface area contributed by atoms with Gasteiger partial charge in [0.1, 0.15) is 0 Å². The Labute approximate surface area is 191 Å². The Morgan fingerprint density at radius 3 is 1.12 bits per heavy atom. The van der Waals surface area contributed by atoms with Crippen molar-refractivity contribution in [2.24, 2.45) is 0 Å². The summed E-state index contributed by atoms with van der Waals surface area (Å²) in [5.41, 5.74) is 27.2. The molecule has 0 aliphatic heterocycles. The molecule has 0 radical (unpaired) electrons. The molecule has 0 unspecified atom stereocenters. The Balaban J connectivity index is 1.86. The molecule has 5 rings (SSSR count). The maximum absolute atomic E-state index is 6.01. The molecule has 6 N–H and O–H groups in total. The van der Waals surface area contributed by atoms with Gasteiger partial charge in [-0.1, -0.05) is 66.7 Å². The van der Waals surface area contributed by atoms with Crippen molar-refractivity contribution >= 4 is 28.4 Å². The number of thiophene rings is 1. The zero-order chi connectivity index (χ0) is 22.1. The van der Waals surface area contributed by atoms with Crippen LogP contribution in [-0.4, -0.2) is 0 Å². The lowest BCUT2D eigenvalue weighted by molar-refractivity contribution is 1.61. The van der Waals surface area contributed by atoms with Gasteiger partial charge in [-0.15, -0.1) is 11.3 Å². The fourth-order valence-corrected chi connectivity index (χ4v) is 5.27. The largest absolute Gasteiger partial charge is 0.399 e. The van der Waals surface area contributed by atoms with E-state index in [4.69, 9.17) is 17.2 Å². The molecule has 0 spiro atoms. The number of rotatable bonds is 4. The summed E-state index contributed by atoms with van der Waals surface area (Å²) < 4.78 is 0. The van der Waals surface area contributed by atoms with Gasteiger partial charge in [-0.05, 0) is 58.7 Å². The van der Waals surface area contributed by atoms with Crippen molar-refractivity contribution in [2.45, 2.75) is 0 Å². The second-order valence-electron chi connectivity index (χ2n) is 7.74. The van der Waals surface area contributed by atoms with Gasteiger partial charge in [0, 0.05) is 37.9 Å². The van der Waals surface area contributed by atoms with Gasteiger partial charge < -0.3 is 17.2 Å². The van der Waals surface area contributed by atoms with Gasteiger partial charge in [0.2, 0.25) is 0 Å². The molecule has 0 aliphatic rings. The number of anilines is 3. The van der Waals surface area contributed by atoms with Crippen LogP contribution < -0.4 is 17.2 Å². The van der Waals surface area contributed by atoms with Crippen molar-refractivity contribution in [3.8, 4) is 43.1 Å². The normalized spacial score (nSPS) is 10.9. The zero-order valence-corrected chi connectivity index (χ0v) is 18.3. The molecule has 0 saturated heterocycles. The molecule has 0 bridgehead atoms. The topological polar surface area (TPSA) is 78.1 Å². The summed E-state index contributed by atoms with van der Waals surface area (Å²) in [6, 6.07) is 34.8. The van der Waals surface area contributed by atoms with E-state index in [1.165, 1.54) is 26.4 Å². The number of benzene rings is 4. The van der Waals surface area contributed by atoms with Crippen LogP contribution in [0.3, 0.4) is 0 Å². The minimum absolute atomic E-state index is 0.748. The second kappa shape index (κ2) is 8.25. The zero-order valence-electron chi connectivity index (χ0n) is 17.5. The van der Waals surface area contributed by atoms with E-state index in [1.807, 2.05) is 42.5 Å². The first kappa shape index (κ1) is 19.9. The highest BCUT2D eigenvalue weighted by atomic mass is 32.1. The molecule has 5 aromatic rings. The second-order valence-corrected chi connectivity index (χ2v) is 8.76. The number of hydrogen-bond acceptors (Lipinski definition) is 4. The van der Waals surface area contributed by atoms with Crippen LogP contribution >= 0.6 is 11.3 Å². The maximum atomic E-state index is 6.01. The highest BCUT2D eigenvalue weighted by Crippen LogP contribution is 2.52. The molecule has 156 valence electrons. The van der Waals surface area contributed by atoms with Crippen LogP contribution in [0.25, 0.3) is 43.1 Å². The van der Waals surface area contributed by atoms with Gasteiger partial charge in [-0.25, -0.2) is 0 Å². The van der Waals surface area contributed by atoms with Gasteiger partial charge in [-0.2, -0.15) is 0 Å². The van der Waals surface area contributed by atoms with Crippen molar-refractivity contribution < 1.29 is 0 Å². The van der Waals surface area contributed by atoms with Crippen molar-refractivity contribution in [1.82, 2.24) is 0 Å². The molecule has 1 heterocycles. The summed E-state index contributed by atoms with van der Waals surface area (Å²) in [7, 11) is 0. The molecule has 0 atom stereocenters. The number of hydrogen-bond donors (Lipinski definition) is 3. The minimum atomic E-state index is 0.748. The van der Waals surface area contributed by atoms with Gasteiger partial charge in [0.25, 0.3) is 0 Å². The number of nitrogen functional groups attached to an aromatic ring is 3. The molecule has 0 aliphatic carbocycles. The van der Waals surface area contributed by atoms with E-state index in [9.17, 15) is 0 Å². The van der Waals surface area contributed by atoms with E-state index < -0.39 is 0 Å². The monoisotopic (exact) mass is 433 g/mol. The van der Waals surface area contributed by atoms with Crippen LogP contribution in [0.5, 0.6) is 0 Å². The van der Waals surface area contributed by atoms with E-state index in [0.717, 1.165) is 33.8 Å². The lowest BCUT2D eigenvalue weighted by Crippen LogP contribution is -1.88. The lowest BCUT2D eigenvalue weighted by atomic mass is 9.91. The van der Waals surface area contributed by atoms with Crippen LogP contribution in [-0.2, 0) is 0 Å². The summed E-state index contributed by atoms with van der Waals surface area (Å²) in [5, 5.41) is 0. The highest BCUT2D eigenvalue weighted by molar-refractivity contribution is 7.20. The third-order valence-electron chi connectivity index (χ3n) is 5.52. The first-order chi connectivity index (χ1) is 15.6. The van der Waals surface area contributed by atoms with Crippen molar-refractivity contribution in [3.05, 3.63) is 103 Å². The Bertz CT molecular complexity index is 1350. The van der Waals surface area contributed by atoms with Crippen molar-refractivity contribution in [3.63, 3.8) is 0 Å². The first-order valence-corrected chi connectivity index (χ1v) is 11.2. The molecule has 4 heteroatoms. The molecular weight excluding hydrogens is 410 g/mol. The predicted octanol–water partition coefficient (Wildman–Crippen LogP) is 7.16. The molecule has 32 heavy (non-hydrogen) atoms. The smallest absolute Gasteiger partial charge is 0.0434 e. The van der Waals surface area contributed by atoms with Gasteiger partial charge >= 0.3 is 0 Å². The quantitative estimate of drug-likeness (QED) is 0.263. The summed E-state index contributed by atoms with van der Waals surface area (Å²) >= 11 is 1.79. The lowest BCUT2D eigenvalue weighted by Gasteiger charge is -2.11. The fourth-order valence-electron chi connectivity index (χ4n) is 3.91. The van der Waals surface area contributed by atoms with E-state index in [-0.39, 0.29) is 0 Å². The van der Waals surface area contributed by atoms with E-state index in [0.29, 0.717) is 0 Å². The Kier molecular flexibility index (Phi) is 5.13. The van der Waals surface area contributed by atoms with E-state index in [2.05, 4.69) is 60.7 Å². The van der Waals surface area contributed by atoms with Gasteiger partial charge in [-0.3, -0.25) is 0 Å². The van der Waals surface area contributed by atoms with E-state index >= 15 is 0 Å². The number of nitrogens with two attached hydrogens (primary N) is 3. The van der Waals surface area contributed by atoms with Crippen LogP contribution in [0.1, 0.15) is 0 Å². The standard InChI is InChI=1S/C28H23N3S/c29-22-12-6-19(7-13-22)26-25(18-4-2-1-3-5-18)27(20-8-14-23(30)15-9-20)32-28(26)21-10-16-24(31)17-11-21/h1-17H,29-31H2. The van der Waals surface area contributed by atoms with Crippen molar-refractivity contribution in [2.75, 3.05) is 17.2 Å². The minimum Gasteiger partial charge on any atom is -0.399 e. The van der Waals surface area contributed by atoms with E-state index in [1.54, 1.807) is 11.3 Å².